The zero-order valence-electron chi connectivity index (χ0n) is 15.6. The van der Waals surface area contributed by atoms with Gasteiger partial charge in [0.25, 0.3) is 5.91 Å². The van der Waals surface area contributed by atoms with Gasteiger partial charge in [0.2, 0.25) is 0 Å². The minimum Gasteiger partial charge on any atom is -0.479 e. The Morgan fingerprint density at radius 2 is 1.63 bits per heavy atom. The molecule has 2 rings (SSSR count). The fraction of sp³-hybridized carbons (Fsp3) is 0.286. The largest absolute Gasteiger partial charge is 0.479 e. The summed E-state index contributed by atoms with van der Waals surface area (Å²) in [4.78, 5) is 35.8. The molecule has 1 amide bonds. The number of rotatable bonds is 8. The molecule has 0 fully saturated rings. The normalized spacial score (nSPS) is 12.6. The highest BCUT2D eigenvalue weighted by atomic mass is 16.6. The molecule has 142 valence electrons. The van der Waals surface area contributed by atoms with Gasteiger partial charge in [-0.3, -0.25) is 9.59 Å². The predicted octanol–water partition coefficient (Wildman–Crippen LogP) is 3.62. The van der Waals surface area contributed by atoms with Crippen molar-refractivity contribution in [2.24, 2.45) is 0 Å². The third-order valence-corrected chi connectivity index (χ3v) is 3.88. The van der Waals surface area contributed by atoms with Crippen molar-refractivity contribution in [2.45, 2.75) is 39.4 Å². The first-order valence-corrected chi connectivity index (χ1v) is 8.74. The number of para-hydroxylation sites is 1. The second-order valence-corrected chi connectivity index (χ2v) is 6.03. The van der Waals surface area contributed by atoms with Gasteiger partial charge in [-0.1, -0.05) is 25.1 Å². The van der Waals surface area contributed by atoms with Crippen molar-refractivity contribution >= 4 is 23.3 Å². The van der Waals surface area contributed by atoms with Crippen LogP contribution in [0.3, 0.4) is 0 Å². The number of ketones is 1. The van der Waals surface area contributed by atoms with Gasteiger partial charge in [0.15, 0.2) is 18.0 Å². The molecule has 2 aromatic carbocycles. The van der Waals surface area contributed by atoms with Gasteiger partial charge >= 0.3 is 5.97 Å². The molecule has 0 aliphatic carbocycles. The Bertz CT molecular complexity index is 786. The number of amides is 1. The Morgan fingerprint density at radius 3 is 2.19 bits per heavy atom. The predicted molar refractivity (Wildman–Crippen MR) is 102 cm³/mol. The lowest BCUT2D eigenvalue weighted by molar-refractivity contribution is -0.160. The summed E-state index contributed by atoms with van der Waals surface area (Å²) in [5.74, 6) is -0.562. The molecule has 2 atom stereocenters. The lowest BCUT2D eigenvalue weighted by Gasteiger charge is -2.19. The quantitative estimate of drug-likeness (QED) is 0.568. The third kappa shape index (κ3) is 5.95. The number of nitrogens with one attached hydrogen (secondary N) is 1. The van der Waals surface area contributed by atoms with Crippen molar-refractivity contribution in [1.82, 2.24) is 0 Å². The lowest BCUT2D eigenvalue weighted by Crippen LogP contribution is -2.36. The average molecular weight is 369 g/mol. The number of hydrogen-bond donors (Lipinski definition) is 1. The van der Waals surface area contributed by atoms with E-state index < -0.39 is 24.1 Å². The second-order valence-electron chi connectivity index (χ2n) is 6.03. The molecule has 0 aliphatic rings. The first-order valence-electron chi connectivity index (χ1n) is 8.74. The average Bonchev–Trinajstić information content (AvgIpc) is 2.67. The summed E-state index contributed by atoms with van der Waals surface area (Å²) in [6.07, 6.45) is -1.37. The number of benzene rings is 2. The van der Waals surface area contributed by atoms with Gasteiger partial charge in [0.05, 0.1) is 0 Å². The molecule has 0 bridgehead atoms. The summed E-state index contributed by atoms with van der Waals surface area (Å²) >= 11 is 0. The van der Waals surface area contributed by atoms with Crippen LogP contribution in [0.5, 0.6) is 5.75 Å². The molecular formula is C21H23NO5. The molecule has 0 spiro atoms. The maximum absolute atomic E-state index is 12.3. The Labute approximate surface area is 158 Å². The summed E-state index contributed by atoms with van der Waals surface area (Å²) in [5.41, 5.74) is 1.07. The zero-order valence-corrected chi connectivity index (χ0v) is 15.6. The monoisotopic (exact) mass is 369 g/mol. The van der Waals surface area contributed by atoms with Gasteiger partial charge in [-0.25, -0.2) is 4.79 Å². The molecule has 0 heterocycles. The lowest BCUT2D eigenvalue weighted by atomic mass is 10.1. The maximum Gasteiger partial charge on any atom is 0.348 e. The van der Waals surface area contributed by atoms with Crippen molar-refractivity contribution in [3.8, 4) is 5.75 Å². The van der Waals surface area contributed by atoms with Crippen LogP contribution in [-0.2, 0) is 14.3 Å². The number of esters is 1. The van der Waals surface area contributed by atoms with Crippen molar-refractivity contribution in [3.05, 3.63) is 60.2 Å². The minimum absolute atomic E-state index is 0.0563. The number of Topliss-reactive ketones (excluding diaryl/α,β-unsaturated/α-hetero) is 1. The molecule has 6 heteroatoms. The molecule has 0 aromatic heterocycles. The van der Waals surface area contributed by atoms with Gasteiger partial charge < -0.3 is 14.8 Å². The van der Waals surface area contributed by atoms with Crippen LogP contribution in [0.1, 0.15) is 37.6 Å². The summed E-state index contributed by atoms with van der Waals surface area (Å²) < 4.78 is 10.9. The summed E-state index contributed by atoms with van der Waals surface area (Å²) in [6, 6.07) is 15.4. The number of carbonyl (C=O) groups excluding carboxylic acids is 3. The Kier molecular flexibility index (Phi) is 7.11. The highest BCUT2D eigenvalue weighted by molar-refractivity contribution is 5.97. The standard InChI is InChI=1S/C21H23NO5/c1-4-19(27-18-8-6-5-7-9-18)21(25)26-15(3)20(24)22-17-12-10-16(11-13-17)14(2)23/h5-13,15,19H,4H2,1-3H3,(H,22,24)/t15-,19-/m0/s1. The van der Waals surface area contributed by atoms with Gasteiger partial charge in [-0.05, 0) is 56.7 Å². The number of carbonyl (C=O) groups is 3. The van der Waals surface area contributed by atoms with Crippen LogP contribution >= 0.6 is 0 Å². The topological polar surface area (TPSA) is 81.7 Å². The number of ether oxygens (including phenoxy) is 2. The van der Waals surface area contributed by atoms with E-state index >= 15 is 0 Å². The van der Waals surface area contributed by atoms with Crippen LogP contribution in [0.4, 0.5) is 5.69 Å². The van der Waals surface area contributed by atoms with Crippen LogP contribution < -0.4 is 10.1 Å². The summed E-state index contributed by atoms with van der Waals surface area (Å²) in [7, 11) is 0. The third-order valence-electron chi connectivity index (χ3n) is 3.88. The highest BCUT2D eigenvalue weighted by Crippen LogP contribution is 2.15. The molecule has 27 heavy (non-hydrogen) atoms. The van der Waals surface area contributed by atoms with E-state index in [2.05, 4.69) is 5.32 Å². The SMILES string of the molecule is CC[C@H](Oc1ccccc1)C(=O)O[C@@H](C)C(=O)Nc1ccc(C(C)=O)cc1. The molecular weight excluding hydrogens is 346 g/mol. The molecule has 6 nitrogen and oxygen atoms in total. The Hall–Kier alpha value is -3.15. The smallest absolute Gasteiger partial charge is 0.348 e. The molecule has 0 aliphatic heterocycles. The van der Waals surface area contributed by atoms with E-state index in [4.69, 9.17) is 9.47 Å². The molecule has 2 aromatic rings. The van der Waals surface area contributed by atoms with Crippen LogP contribution in [0.2, 0.25) is 0 Å². The highest BCUT2D eigenvalue weighted by Gasteiger charge is 2.25. The van der Waals surface area contributed by atoms with Crippen LogP contribution in [-0.4, -0.2) is 29.9 Å². The van der Waals surface area contributed by atoms with E-state index in [1.54, 1.807) is 55.5 Å². The van der Waals surface area contributed by atoms with Gasteiger partial charge in [-0.15, -0.1) is 0 Å². The van der Waals surface area contributed by atoms with Crippen molar-refractivity contribution in [2.75, 3.05) is 5.32 Å². The fourth-order valence-electron chi connectivity index (χ4n) is 2.30. The number of hydrogen-bond acceptors (Lipinski definition) is 5. The van der Waals surface area contributed by atoms with E-state index in [1.165, 1.54) is 13.8 Å². The van der Waals surface area contributed by atoms with E-state index in [9.17, 15) is 14.4 Å². The van der Waals surface area contributed by atoms with Gasteiger partial charge in [-0.2, -0.15) is 0 Å². The van der Waals surface area contributed by atoms with Crippen LogP contribution in [0.25, 0.3) is 0 Å². The molecule has 0 radical (unpaired) electrons. The van der Waals surface area contributed by atoms with Crippen molar-refractivity contribution in [1.29, 1.82) is 0 Å². The molecule has 1 N–H and O–H groups in total. The van der Waals surface area contributed by atoms with E-state index in [1.807, 2.05) is 6.07 Å². The number of anilines is 1. The van der Waals surface area contributed by atoms with Crippen LogP contribution in [0, 0.1) is 0 Å². The first kappa shape index (κ1) is 20.2. The Morgan fingerprint density at radius 1 is 1.00 bits per heavy atom. The van der Waals surface area contributed by atoms with Crippen molar-refractivity contribution in [3.63, 3.8) is 0 Å². The minimum atomic E-state index is -0.988. The van der Waals surface area contributed by atoms with E-state index in [-0.39, 0.29) is 5.78 Å². The van der Waals surface area contributed by atoms with Gasteiger partial charge in [0, 0.05) is 11.3 Å². The van der Waals surface area contributed by atoms with E-state index in [0.29, 0.717) is 23.4 Å². The molecule has 0 saturated carbocycles. The maximum atomic E-state index is 12.3. The van der Waals surface area contributed by atoms with Crippen LogP contribution in [0.15, 0.2) is 54.6 Å². The Balaban J connectivity index is 1.91. The second kappa shape index (κ2) is 9.52. The van der Waals surface area contributed by atoms with E-state index in [0.717, 1.165) is 0 Å². The van der Waals surface area contributed by atoms with Crippen molar-refractivity contribution < 1.29 is 23.9 Å². The van der Waals surface area contributed by atoms with Gasteiger partial charge in [0.1, 0.15) is 5.75 Å². The summed E-state index contributed by atoms with van der Waals surface area (Å²) in [5, 5.41) is 2.65. The fourth-order valence-corrected chi connectivity index (χ4v) is 2.30. The molecule has 0 saturated heterocycles. The summed E-state index contributed by atoms with van der Waals surface area (Å²) in [6.45, 7) is 4.76. The first-order chi connectivity index (χ1) is 12.9. The zero-order chi connectivity index (χ0) is 19.8. The molecule has 0 unspecified atom stereocenters.